The van der Waals surface area contributed by atoms with E-state index in [0.717, 1.165) is 16.5 Å². The Morgan fingerprint density at radius 3 is 2.53 bits per heavy atom. The molecule has 4 aromatic rings. The van der Waals surface area contributed by atoms with Gasteiger partial charge in [0.25, 0.3) is 0 Å². The molecule has 7 nitrogen and oxygen atoms in total. The predicted molar refractivity (Wildman–Crippen MR) is 114 cm³/mol. The molecule has 4 rings (SSSR count). The summed E-state index contributed by atoms with van der Waals surface area (Å²) in [6, 6.07) is 19.3. The molecule has 3 aromatic carbocycles. The van der Waals surface area contributed by atoms with E-state index in [0.29, 0.717) is 11.3 Å². The second-order valence-corrected chi connectivity index (χ2v) is 6.82. The van der Waals surface area contributed by atoms with Crippen molar-refractivity contribution < 1.29 is 28.2 Å². The Hall–Kier alpha value is -4.64. The molecule has 0 aliphatic carbocycles. The van der Waals surface area contributed by atoms with E-state index in [1.54, 1.807) is 30.3 Å². The first kappa shape index (κ1) is 20.6. The number of aromatic carboxylic acids is 1. The highest BCUT2D eigenvalue weighted by atomic mass is 19.1. The zero-order chi connectivity index (χ0) is 22.7. The SMILES string of the molecule is N#Cc1cccc(NC(=O)OCc2cc3cc(-c4ccc(F)cc4)ccc3o2)c1C(=O)O. The van der Waals surface area contributed by atoms with Crippen molar-refractivity contribution in [1.29, 1.82) is 5.26 Å². The van der Waals surface area contributed by atoms with Gasteiger partial charge in [0, 0.05) is 5.39 Å². The number of carbonyl (C=O) groups is 2. The molecule has 0 fully saturated rings. The number of halogens is 1. The molecule has 0 radical (unpaired) electrons. The summed E-state index contributed by atoms with van der Waals surface area (Å²) < 4.78 is 24.0. The van der Waals surface area contributed by atoms with Crippen molar-refractivity contribution in [3.05, 3.63) is 89.4 Å². The number of furan rings is 1. The van der Waals surface area contributed by atoms with Gasteiger partial charge < -0.3 is 14.3 Å². The highest BCUT2D eigenvalue weighted by molar-refractivity contribution is 6.00. The maximum absolute atomic E-state index is 13.1. The molecule has 0 unspecified atom stereocenters. The molecule has 0 aliphatic heterocycles. The van der Waals surface area contributed by atoms with Crippen molar-refractivity contribution >= 4 is 28.7 Å². The van der Waals surface area contributed by atoms with Crippen LogP contribution in [-0.4, -0.2) is 17.2 Å². The first-order chi connectivity index (χ1) is 15.4. The second kappa shape index (κ2) is 8.62. The van der Waals surface area contributed by atoms with E-state index in [2.05, 4.69) is 5.32 Å². The number of nitrogens with one attached hydrogen (secondary N) is 1. The molecule has 1 amide bonds. The number of nitrogens with zero attached hydrogens (tertiary/aromatic N) is 1. The number of carbonyl (C=O) groups excluding carboxylic acids is 1. The molecule has 2 N–H and O–H groups in total. The molecular formula is C24H15FN2O5. The zero-order valence-electron chi connectivity index (χ0n) is 16.5. The van der Waals surface area contributed by atoms with E-state index in [1.807, 2.05) is 12.1 Å². The summed E-state index contributed by atoms with van der Waals surface area (Å²) in [7, 11) is 0. The van der Waals surface area contributed by atoms with Gasteiger partial charge in [-0.15, -0.1) is 0 Å². The van der Waals surface area contributed by atoms with Crippen LogP contribution in [0.3, 0.4) is 0 Å². The number of anilines is 1. The Bertz CT molecular complexity index is 1370. The summed E-state index contributed by atoms with van der Waals surface area (Å²) in [5, 5.41) is 21.5. The summed E-state index contributed by atoms with van der Waals surface area (Å²) in [6.07, 6.45) is -0.893. The third-order valence-corrected chi connectivity index (χ3v) is 4.73. The fraction of sp³-hybridized carbons (Fsp3) is 0.0417. The lowest BCUT2D eigenvalue weighted by molar-refractivity contribution is 0.0697. The quantitative estimate of drug-likeness (QED) is 0.429. The normalized spacial score (nSPS) is 10.5. The number of carboxylic acid groups (broad SMARTS) is 1. The highest BCUT2D eigenvalue weighted by Crippen LogP contribution is 2.27. The van der Waals surface area contributed by atoms with E-state index in [9.17, 15) is 19.1 Å². The van der Waals surface area contributed by atoms with E-state index < -0.39 is 12.1 Å². The topological polar surface area (TPSA) is 113 Å². The number of ether oxygens (including phenoxy) is 1. The van der Waals surface area contributed by atoms with Crippen molar-refractivity contribution in [1.82, 2.24) is 0 Å². The van der Waals surface area contributed by atoms with E-state index in [-0.39, 0.29) is 29.2 Å². The molecule has 0 spiro atoms. The van der Waals surface area contributed by atoms with Crippen LogP contribution in [0.25, 0.3) is 22.1 Å². The molecule has 1 heterocycles. The van der Waals surface area contributed by atoms with Gasteiger partial charge in [-0.1, -0.05) is 24.3 Å². The molecular weight excluding hydrogens is 415 g/mol. The minimum absolute atomic E-state index is 0.0462. The molecule has 0 atom stereocenters. The van der Waals surface area contributed by atoms with Gasteiger partial charge in [0.2, 0.25) is 0 Å². The number of carboxylic acids is 1. The molecule has 158 valence electrons. The number of amides is 1. The Morgan fingerprint density at radius 1 is 1.06 bits per heavy atom. The summed E-state index contributed by atoms with van der Waals surface area (Å²) >= 11 is 0. The lowest BCUT2D eigenvalue weighted by Gasteiger charge is -2.09. The maximum Gasteiger partial charge on any atom is 0.412 e. The van der Waals surface area contributed by atoms with Crippen LogP contribution in [-0.2, 0) is 11.3 Å². The first-order valence-electron chi connectivity index (χ1n) is 9.43. The predicted octanol–water partition coefficient (Wildman–Crippen LogP) is 5.56. The van der Waals surface area contributed by atoms with E-state index >= 15 is 0 Å². The Balaban J connectivity index is 1.47. The lowest BCUT2D eigenvalue weighted by Crippen LogP contribution is -2.16. The number of fused-ring (bicyclic) bond motifs is 1. The summed E-state index contributed by atoms with van der Waals surface area (Å²) in [5.41, 5.74) is 1.87. The van der Waals surface area contributed by atoms with E-state index in [4.69, 9.17) is 14.4 Å². The average Bonchev–Trinajstić information content (AvgIpc) is 3.20. The standard InChI is InChI=1S/C24H15FN2O5/c25-18-7-4-14(5-8-18)15-6-9-21-17(10-15)11-19(32-21)13-31-24(30)27-20-3-1-2-16(12-26)22(20)23(28)29/h1-11H,13H2,(H,27,30)(H,28,29). The van der Waals surface area contributed by atoms with Gasteiger partial charge in [-0.2, -0.15) is 5.26 Å². The van der Waals surface area contributed by atoms with Crippen molar-refractivity contribution in [2.75, 3.05) is 5.32 Å². The summed E-state index contributed by atoms with van der Waals surface area (Å²) in [6.45, 7) is -0.188. The van der Waals surface area contributed by atoms with Crippen LogP contribution in [0.5, 0.6) is 0 Å². The number of hydrogen-bond acceptors (Lipinski definition) is 5. The van der Waals surface area contributed by atoms with Crippen LogP contribution in [0.1, 0.15) is 21.7 Å². The molecule has 32 heavy (non-hydrogen) atoms. The van der Waals surface area contributed by atoms with Gasteiger partial charge in [-0.05, 0) is 53.6 Å². The van der Waals surface area contributed by atoms with Gasteiger partial charge in [0.15, 0.2) is 6.61 Å². The monoisotopic (exact) mass is 430 g/mol. The fourth-order valence-electron chi connectivity index (χ4n) is 3.25. The largest absolute Gasteiger partial charge is 0.478 e. The molecule has 1 aromatic heterocycles. The van der Waals surface area contributed by atoms with E-state index in [1.165, 1.54) is 30.3 Å². The molecule has 0 aliphatic rings. The maximum atomic E-state index is 13.1. The highest BCUT2D eigenvalue weighted by Gasteiger charge is 2.18. The summed E-state index contributed by atoms with van der Waals surface area (Å²) in [5.74, 6) is -1.27. The molecule has 0 bridgehead atoms. The van der Waals surface area contributed by atoms with Crippen molar-refractivity contribution in [2.45, 2.75) is 6.61 Å². The minimum Gasteiger partial charge on any atom is -0.478 e. The third-order valence-electron chi connectivity index (χ3n) is 4.73. The summed E-state index contributed by atoms with van der Waals surface area (Å²) in [4.78, 5) is 23.6. The number of rotatable bonds is 5. The number of hydrogen-bond donors (Lipinski definition) is 2. The molecule has 0 saturated heterocycles. The minimum atomic E-state index is -1.34. The van der Waals surface area contributed by atoms with Gasteiger partial charge in [-0.3, -0.25) is 5.32 Å². The van der Waals surface area contributed by atoms with Gasteiger partial charge in [0.05, 0.1) is 11.3 Å². The first-order valence-corrected chi connectivity index (χ1v) is 9.43. The molecule has 8 heteroatoms. The van der Waals surface area contributed by atoms with Crippen LogP contribution in [0.4, 0.5) is 14.9 Å². The fourth-order valence-corrected chi connectivity index (χ4v) is 3.25. The van der Waals surface area contributed by atoms with Crippen molar-refractivity contribution in [3.8, 4) is 17.2 Å². The van der Waals surface area contributed by atoms with Gasteiger partial charge in [0.1, 0.15) is 28.8 Å². The third kappa shape index (κ3) is 4.27. The van der Waals surface area contributed by atoms with Crippen molar-refractivity contribution in [2.24, 2.45) is 0 Å². The zero-order valence-corrected chi connectivity index (χ0v) is 16.5. The lowest BCUT2D eigenvalue weighted by atomic mass is 10.0. The Kier molecular flexibility index (Phi) is 5.55. The number of nitriles is 1. The Labute approximate surface area is 181 Å². The Morgan fingerprint density at radius 2 is 1.81 bits per heavy atom. The van der Waals surface area contributed by atoms with Crippen LogP contribution in [0.2, 0.25) is 0 Å². The van der Waals surface area contributed by atoms with Crippen LogP contribution < -0.4 is 5.32 Å². The second-order valence-electron chi connectivity index (χ2n) is 6.82. The van der Waals surface area contributed by atoms with Crippen LogP contribution in [0.15, 0.2) is 71.1 Å². The number of benzene rings is 3. The van der Waals surface area contributed by atoms with Crippen LogP contribution in [0, 0.1) is 17.1 Å². The van der Waals surface area contributed by atoms with Crippen LogP contribution >= 0.6 is 0 Å². The van der Waals surface area contributed by atoms with Crippen molar-refractivity contribution in [3.63, 3.8) is 0 Å². The molecule has 0 saturated carbocycles. The van der Waals surface area contributed by atoms with Gasteiger partial charge >= 0.3 is 12.1 Å². The van der Waals surface area contributed by atoms with Gasteiger partial charge in [-0.25, -0.2) is 14.0 Å². The average molecular weight is 430 g/mol. The smallest absolute Gasteiger partial charge is 0.412 e.